The fourth-order valence-electron chi connectivity index (χ4n) is 1.03. The second-order valence-corrected chi connectivity index (χ2v) is 2.72. The first-order valence-corrected chi connectivity index (χ1v) is 3.49. The van der Waals surface area contributed by atoms with Crippen molar-refractivity contribution in [2.75, 3.05) is 13.1 Å². The van der Waals surface area contributed by atoms with E-state index in [9.17, 15) is 0 Å². The molecule has 0 bridgehead atoms. The first kappa shape index (κ1) is 9.66. The number of nitrogens with zero attached hydrogens (tertiary/aromatic N) is 1. The van der Waals surface area contributed by atoms with Crippen molar-refractivity contribution in [3.8, 4) is 0 Å². The van der Waals surface area contributed by atoms with Crippen molar-refractivity contribution in [2.45, 2.75) is 19.8 Å². The van der Waals surface area contributed by atoms with Crippen molar-refractivity contribution in [3.05, 3.63) is 6.65 Å². The molecule has 0 amide bonds. The Labute approximate surface area is 61.9 Å². The van der Waals surface area contributed by atoms with Crippen LogP contribution >= 0.6 is 0 Å². The van der Waals surface area contributed by atoms with E-state index in [2.05, 4.69) is 13.6 Å². The van der Waals surface area contributed by atoms with Gasteiger partial charge in [-0.2, -0.15) is 0 Å². The summed E-state index contributed by atoms with van der Waals surface area (Å²) in [6.45, 7) is 8.95. The van der Waals surface area contributed by atoms with Gasteiger partial charge in [0, 0.05) is 13.1 Å². The Morgan fingerprint density at radius 3 is 2.10 bits per heavy atom. The van der Waals surface area contributed by atoms with Gasteiger partial charge in [-0.05, 0) is 18.8 Å². The molecule has 1 heterocycles. The van der Waals surface area contributed by atoms with Gasteiger partial charge in [0.1, 0.15) is 0 Å². The number of hydrogen-bond donors (Lipinski definition) is 1. The number of nitrogens with two attached hydrogens (primary N) is 1. The van der Waals surface area contributed by atoms with Crippen molar-refractivity contribution >= 4 is 0 Å². The van der Waals surface area contributed by atoms with Gasteiger partial charge < -0.3 is 0 Å². The number of rotatable bonds is 0. The van der Waals surface area contributed by atoms with E-state index in [1.165, 1.54) is 12.8 Å². The fraction of sp³-hybridized carbons (Fsp3) is 0.857. The first-order chi connectivity index (χ1) is 4.79. The van der Waals surface area contributed by atoms with Gasteiger partial charge in [0.2, 0.25) is 0 Å². The summed E-state index contributed by atoms with van der Waals surface area (Å²) < 4.78 is 7.50. The maximum absolute atomic E-state index is 7.50. The Hall–Kier alpha value is -0.340. The molecular weight excluding hydrogens is 128 g/mol. The van der Waals surface area contributed by atoms with E-state index in [0.29, 0.717) is 0 Å². The molecule has 2 N–H and O–H groups in total. The maximum atomic E-state index is 7.50. The Morgan fingerprint density at radius 2 is 1.80 bits per heavy atom. The third-order valence-electron chi connectivity index (χ3n) is 1.82. The summed E-state index contributed by atoms with van der Waals surface area (Å²) in [7, 11) is 0. The van der Waals surface area contributed by atoms with Crippen LogP contribution in [0.3, 0.4) is 0 Å². The molecule has 0 spiro atoms. The van der Waals surface area contributed by atoms with Gasteiger partial charge in [-0.15, -0.1) is 0 Å². The van der Waals surface area contributed by atoms with Crippen LogP contribution in [0.15, 0.2) is 0 Å². The van der Waals surface area contributed by atoms with Gasteiger partial charge in [-0.25, -0.2) is 5.01 Å². The summed E-state index contributed by atoms with van der Waals surface area (Å²) in [5.41, 5.74) is 0. The molecule has 3 heteroatoms. The Morgan fingerprint density at radius 1 is 1.40 bits per heavy atom. The summed E-state index contributed by atoms with van der Waals surface area (Å²) in [4.78, 5) is 0. The zero-order chi connectivity index (χ0) is 7.98. The predicted molar refractivity (Wildman–Crippen MR) is 38.1 cm³/mol. The molecule has 58 valence electrons. The molecule has 0 unspecified atom stereocenters. The van der Waals surface area contributed by atoms with Crippen molar-refractivity contribution in [1.29, 1.82) is 0 Å². The Balaban J connectivity index is 0.000000371. The van der Waals surface area contributed by atoms with Gasteiger partial charge in [0.05, 0.1) is 0 Å². The molecule has 0 aromatic rings. The third kappa shape index (κ3) is 3.64. The number of hydrazine groups is 1. The molecule has 0 aromatic heterocycles. The van der Waals surface area contributed by atoms with Gasteiger partial charge in [0.15, 0.2) is 0 Å². The molecule has 0 atom stereocenters. The molecular formula is C7H14N2O. The molecule has 3 nitrogen and oxygen atoms in total. The SMILES string of the molecule is CC1CCN(N)CC1.[C-]#[O+]. The third-order valence-corrected chi connectivity index (χ3v) is 1.82. The zero-order valence-electron chi connectivity index (χ0n) is 6.34. The summed E-state index contributed by atoms with van der Waals surface area (Å²) in [5.74, 6) is 6.43. The molecule has 1 fully saturated rings. The second-order valence-electron chi connectivity index (χ2n) is 2.72. The Kier molecular flexibility index (Phi) is 5.26. The average molecular weight is 142 g/mol. The van der Waals surface area contributed by atoms with Crippen LogP contribution in [0.4, 0.5) is 0 Å². The number of piperidine rings is 1. The quantitative estimate of drug-likeness (QED) is 0.305. The second kappa shape index (κ2) is 5.45. The van der Waals surface area contributed by atoms with Crippen LogP contribution in [-0.4, -0.2) is 18.1 Å². The van der Waals surface area contributed by atoms with E-state index in [0.717, 1.165) is 19.0 Å². The molecule has 0 aliphatic carbocycles. The van der Waals surface area contributed by atoms with E-state index in [1.54, 1.807) is 0 Å². The molecule has 1 saturated heterocycles. The van der Waals surface area contributed by atoms with E-state index < -0.39 is 0 Å². The Bertz CT molecular complexity index is 85.0. The van der Waals surface area contributed by atoms with E-state index in [4.69, 9.17) is 10.5 Å². The van der Waals surface area contributed by atoms with Crippen LogP contribution in [0, 0.1) is 12.6 Å². The normalized spacial score (nSPS) is 21.2. The molecule has 0 saturated carbocycles. The van der Waals surface area contributed by atoms with Crippen LogP contribution in [0.2, 0.25) is 0 Å². The average Bonchev–Trinajstić information content (AvgIpc) is 2.00. The van der Waals surface area contributed by atoms with E-state index in [-0.39, 0.29) is 0 Å². The zero-order valence-corrected chi connectivity index (χ0v) is 6.34. The molecule has 1 aliphatic heterocycles. The first-order valence-electron chi connectivity index (χ1n) is 3.49. The molecule has 10 heavy (non-hydrogen) atoms. The standard InChI is InChI=1S/C6H14N2.CO/c1-6-2-4-8(7)5-3-6;1-2/h6H,2-5,7H2,1H3;. The van der Waals surface area contributed by atoms with Crippen molar-refractivity contribution in [3.63, 3.8) is 0 Å². The van der Waals surface area contributed by atoms with Crippen molar-refractivity contribution in [2.24, 2.45) is 11.8 Å². The molecule has 1 aliphatic rings. The van der Waals surface area contributed by atoms with Crippen LogP contribution in [0.1, 0.15) is 19.8 Å². The number of hydrogen-bond acceptors (Lipinski definition) is 2. The summed E-state index contributed by atoms with van der Waals surface area (Å²) in [6.07, 6.45) is 2.55. The summed E-state index contributed by atoms with van der Waals surface area (Å²) >= 11 is 0. The molecule has 0 aromatic carbocycles. The van der Waals surface area contributed by atoms with Crippen molar-refractivity contribution in [1.82, 2.24) is 5.01 Å². The van der Waals surface area contributed by atoms with Crippen LogP contribution < -0.4 is 5.84 Å². The topological polar surface area (TPSA) is 49.2 Å². The van der Waals surface area contributed by atoms with Gasteiger partial charge >= 0.3 is 11.3 Å². The van der Waals surface area contributed by atoms with Crippen LogP contribution in [0.25, 0.3) is 0 Å². The van der Waals surface area contributed by atoms with Gasteiger partial charge in [0.25, 0.3) is 0 Å². The summed E-state index contributed by atoms with van der Waals surface area (Å²) in [6, 6.07) is 0. The minimum absolute atomic E-state index is 0.898. The summed E-state index contributed by atoms with van der Waals surface area (Å²) in [5, 5.41) is 1.90. The van der Waals surface area contributed by atoms with Crippen molar-refractivity contribution < 1.29 is 4.65 Å². The molecule has 1 rings (SSSR count). The van der Waals surface area contributed by atoms with E-state index >= 15 is 0 Å². The minimum atomic E-state index is 0.898. The monoisotopic (exact) mass is 142 g/mol. The van der Waals surface area contributed by atoms with Gasteiger partial charge in [-0.1, -0.05) is 6.92 Å². The molecule has 0 radical (unpaired) electrons. The fourth-order valence-corrected chi connectivity index (χ4v) is 1.03. The predicted octanol–water partition coefficient (Wildman–Crippen LogP) is 0.554. The van der Waals surface area contributed by atoms with E-state index in [1.807, 2.05) is 5.01 Å². The van der Waals surface area contributed by atoms with Crippen LogP contribution in [0.5, 0.6) is 0 Å². The van der Waals surface area contributed by atoms with Gasteiger partial charge in [-0.3, -0.25) is 5.84 Å². The van der Waals surface area contributed by atoms with Crippen LogP contribution in [-0.2, 0) is 4.65 Å².